The molecule has 1 saturated carbocycles. The van der Waals surface area contributed by atoms with Crippen molar-refractivity contribution in [3.8, 4) is 0 Å². The molecular formula is C12H18F3N3S. The molecule has 1 aromatic rings. The number of hydrogen-bond donors (Lipinski definition) is 1. The first-order valence-corrected chi connectivity index (χ1v) is 7.32. The summed E-state index contributed by atoms with van der Waals surface area (Å²) in [4.78, 5) is 0. The fourth-order valence-corrected chi connectivity index (χ4v) is 2.48. The number of halogens is 3. The predicted octanol–water partition coefficient (Wildman–Crippen LogP) is 3.00. The highest BCUT2D eigenvalue weighted by Crippen LogP contribution is 2.30. The Kier molecular flexibility index (Phi) is 4.45. The molecule has 0 unspecified atom stereocenters. The molecule has 0 amide bonds. The minimum Gasteiger partial charge on any atom is -0.310 e. The summed E-state index contributed by atoms with van der Waals surface area (Å²) in [5, 5.41) is 7.73. The standard InChI is InChI=1S/C12H18F3N3S/c1-8-11(7-16-10-3-4-10)9(2)18(17-8)5-6-19-12(13,14)15/h10,16H,3-7H2,1-2H3. The molecule has 0 aromatic carbocycles. The number of aromatic nitrogens is 2. The van der Waals surface area contributed by atoms with Crippen LogP contribution < -0.4 is 5.32 Å². The Morgan fingerprint density at radius 2 is 2.05 bits per heavy atom. The van der Waals surface area contributed by atoms with Crippen LogP contribution in [0, 0.1) is 13.8 Å². The topological polar surface area (TPSA) is 29.9 Å². The Hall–Kier alpha value is -0.690. The van der Waals surface area contributed by atoms with Gasteiger partial charge in [-0.2, -0.15) is 18.3 Å². The molecular weight excluding hydrogens is 275 g/mol. The van der Waals surface area contributed by atoms with E-state index in [9.17, 15) is 13.2 Å². The fourth-order valence-electron chi connectivity index (χ4n) is 1.99. The summed E-state index contributed by atoms with van der Waals surface area (Å²) in [5.74, 6) is 0.000946. The normalized spacial score (nSPS) is 16.1. The molecule has 0 saturated heterocycles. The number of nitrogens with zero attached hydrogens (tertiary/aromatic N) is 2. The predicted molar refractivity (Wildman–Crippen MR) is 70.1 cm³/mol. The Morgan fingerprint density at radius 1 is 1.37 bits per heavy atom. The summed E-state index contributed by atoms with van der Waals surface area (Å²) in [6.07, 6.45) is 2.43. The third-order valence-electron chi connectivity index (χ3n) is 3.25. The van der Waals surface area contributed by atoms with Crippen molar-refractivity contribution in [3.63, 3.8) is 0 Å². The second-order valence-corrected chi connectivity index (χ2v) is 5.98. The first kappa shape index (κ1) is 14.7. The largest absolute Gasteiger partial charge is 0.441 e. The Balaban J connectivity index is 1.91. The summed E-state index contributed by atoms with van der Waals surface area (Å²) >= 11 is 0.00402. The first-order chi connectivity index (χ1) is 8.87. The van der Waals surface area contributed by atoms with Gasteiger partial charge in [-0.3, -0.25) is 4.68 Å². The molecule has 1 aromatic heterocycles. The lowest BCUT2D eigenvalue weighted by Gasteiger charge is -2.08. The van der Waals surface area contributed by atoms with Crippen LogP contribution in [0.1, 0.15) is 29.8 Å². The molecule has 1 N–H and O–H groups in total. The van der Waals surface area contributed by atoms with E-state index in [0.29, 0.717) is 12.6 Å². The molecule has 1 aliphatic carbocycles. The van der Waals surface area contributed by atoms with E-state index in [1.54, 1.807) is 4.68 Å². The molecule has 2 rings (SSSR count). The molecule has 0 bridgehead atoms. The summed E-state index contributed by atoms with van der Waals surface area (Å²) in [6.45, 7) is 4.88. The third-order valence-corrected chi connectivity index (χ3v) is 3.96. The molecule has 7 heteroatoms. The fraction of sp³-hybridized carbons (Fsp3) is 0.750. The molecule has 19 heavy (non-hydrogen) atoms. The minimum absolute atomic E-state index is 0.000946. The number of aryl methyl sites for hydroxylation is 2. The average molecular weight is 293 g/mol. The lowest BCUT2D eigenvalue weighted by atomic mass is 10.2. The van der Waals surface area contributed by atoms with Gasteiger partial charge in [0.05, 0.1) is 12.2 Å². The quantitative estimate of drug-likeness (QED) is 0.874. The van der Waals surface area contributed by atoms with Crippen LogP contribution in [0.3, 0.4) is 0 Å². The zero-order valence-electron chi connectivity index (χ0n) is 11.0. The number of nitrogens with one attached hydrogen (secondary N) is 1. The maximum atomic E-state index is 12.1. The molecule has 3 nitrogen and oxygen atoms in total. The van der Waals surface area contributed by atoms with Crippen LogP contribution in [0.25, 0.3) is 0 Å². The van der Waals surface area contributed by atoms with Crippen LogP contribution in [0.2, 0.25) is 0 Å². The van der Waals surface area contributed by atoms with Crippen molar-refractivity contribution in [3.05, 3.63) is 17.0 Å². The van der Waals surface area contributed by atoms with E-state index in [-0.39, 0.29) is 17.5 Å². The van der Waals surface area contributed by atoms with Gasteiger partial charge >= 0.3 is 5.51 Å². The SMILES string of the molecule is Cc1nn(CCSC(F)(F)F)c(C)c1CNC1CC1. The van der Waals surface area contributed by atoms with E-state index < -0.39 is 5.51 Å². The van der Waals surface area contributed by atoms with Gasteiger partial charge in [-0.15, -0.1) is 0 Å². The van der Waals surface area contributed by atoms with E-state index in [0.717, 1.165) is 23.5 Å². The van der Waals surface area contributed by atoms with E-state index in [4.69, 9.17) is 0 Å². The molecule has 1 aliphatic rings. The summed E-state index contributed by atoms with van der Waals surface area (Å²) in [5.41, 5.74) is -1.17. The van der Waals surface area contributed by atoms with E-state index in [2.05, 4.69) is 10.4 Å². The summed E-state index contributed by atoms with van der Waals surface area (Å²) in [6, 6.07) is 0.614. The van der Waals surface area contributed by atoms with E-state index in [1.807, 2.05) is 13.8 Å². The third kappa shape index (κ3) is 4.42. The van der Waals surface area contributed by atoms with Gasteiger partial charge in [-0.25, -0.2) is 0 Å². The van der Waals surface area contributed by atoms with Crippen LogP contribution in [0.5, 0.6) is 0 Å². The lowest BCUT2D eigenvalue weighted by molar-refractivity contribution is -0.0328. The van der Waals surface area contributed by atoms with Gasteiger partial charge in [-0.1, -0.05) is 0 Å². The van der Waals surface area contributed by atoms with Gasteiger partial charge in [-0.05, 0) is 38.5 Å². The maximum absolute atomic E-state index is 12.1. The second-order valence-electron chi connectivity index (χ2n) is 4.82. The van der Waals surface area contributed by atoms with E-state index in [1.165, 1.54) is 12.8 Å². The van der Waals surface area contributed by atoms with Gasteiger partial charge < -0.3 is 5.32 Å². The molecule has 0 spiro atoms. The second kappa shape index (κ2) is 5.75. The number of rotatable bonds is 6. The van der Waals surface area contributed by atoms with Crippen molar-refractivity contribution >= 4 is 11.8 Å². The van der Waals surface area contributed by atoms with E-state index >= 15 is 0 Å². The maximum Gasteiger partial charge on any atom is 0.441 e. The Morgan fingerprint density at radius 3 is 2.63 bits per heavy atom. The van der Waals surface area contributed by atoms with Crippen molar-refractivity contribution in [1.82, 2.24) is 15.1 Å². The highest BCUT2D eigenvalue weighted by Gasteiger charge is 2.28. The van der Waals surface area contributed by atoms with Gasteiger partial charge in [0.2, 0.25) is 0 Å². The van der Waals surface area contributed by atoms with Crippen LogP contribution in [-0.4, -0.2) is 27.1 Å². The van der Waals surface area contributed by atoms with Gasteiger partial charge in [0.25, 0.3) is 0 Å². The average Bonchev–Trinajstić information content (AvgIpc) is 3.06. The van der Waals surface area contributed by atoms with Crippen molar-refractivity contribution in [2.24, 2.45) is 0 Å². The monoisotopic (exact) mass is 293 g/mol. The Bertz CT molecular complexity index is 438. The Labute approximate surface area is 114 Å². The van der Waals surface area contributed by atoms with Crippen LogP contribution in [-0.2, 0) is 13.1 Å². The lowest BCUT2D eigenvalue weighted by Crippen LogP contribution is -2.16. The molecule has 0 aliphatic heterocycles. The highest BCUT2D eigenvalue weighted by atomic mass is 32.2. The number of hydrogen-bond acceptors (Lipinski definition) is 3. The van der Waals surface area contributed by atoms with Crippen molar-refractivity contribution in [1.29, 1.82) is 0 Å². The van der Waals surface area contributed by atoms with Gasteiger partial charge in [0, 0.05) is 29.6 Å². The number of thioether (sulfide) groups is 1. The van der Waals surface area contributed by atoms with Crippen molar-refractivity contribution in [2.75, 3.05) is 5.75 Å². The zero-order valence-corrected chi connectivity index (χ0v) is 11.9. The highest BCUT2D eigenvalue weighted by molar-refractivity contribution is 8.00. The summed E-state index contributed by atoms with van der Waals surface area (Å²) in [7, 11) is 0. The molecule has 0 atom stereocenters. The van der Waals surface area contributed by atoms with Crippen LogP contribution in [0.4, 0.5) is 13.2 Å². The van der Waals surface area contributed by atoms with Gasteiger partial charge in [0.15, 0.2) is 0 Å². The van der Waals surface area contributed by atoms with Crippen molar-refractivity contribution in [2.45, 2.75) is 51.3 Å². The van der Waals surface area contributed by atoms with Gasteiger partial charge in [0.1, 0.15) is 0 Å². The van der Waals surface area contributed by atoms with Crippen LogP contribution >= 0.6 is 11.8 Å². The molecule has 1 heterocycles. The minimum atomic E-state index is -4.16. The molecule has 1 fully saturated rings. The smallest absolute Gasteiger partial charge is 0.310 e. The molecule has 108 valence electrons. The summed E-state index contributed by atoms with van der Waals surface area (Å²) < 4.78 is 37.9. The first-order valence-electron chi connectivity index (χ1n) is 6.34. The van der Waals surface area contributed by atoms with Crippen LogP contribution in [0.15, 0.2) is 0 Å². The van der Waals surface area contributed by atoms with Crippen molar-refractivity contribution < 1.29 is 13.2 Å². The zero-order chi connectivity index (χ0) is 14.0. The number of alkyl halides is 3. The molecule has 0 radical (unpaired) electrons.